The number of pyridine rings is 1. The number of hydrogen-bond acceptors (Lipinski definition) is 3. The molecule has 0 aliphatic rings. The van der Waals surface area contributed by atoms with Gasteiger partial charge in [-0.2, -0.15) is 0 Å². The van der Waals surface area contributed by atoms with Gasteiger partial charge in [0.25, 0.3) is 0 Å². The fourth-order valence-corrected chi connectivity index (χ4v) is 1.99. The average Bonchev–Trinajstić information content (AvgIpc) is 2.81. The van der Waals surface area contributed by atoms with E-state index in [-0.39, 0.29) is 5.91 Å². The monoisotopic (exact) mass is 260 g/mol. The van der Waals surface area contributed by atoms with Crippen LogP contribution in [0.15, 0.2) is 30.6 Å². The fraction of sp³-hybridized carbons (Fsp3) is 0.429. The van der Waals surface area contributed by atoms with Gasteiger partial charge in [-0.15, -0.1) is 0 Å². The maximum Gasteiger partial charge on any atom is 0.236 e. The molecule has 19 heavy (non-hydrogen) atoms. The lowest BCUT2D eigenvalue weighted by atomic mass is 10.1. The van der Waals surface area contributed by atoms with Gasteiger partial charge in [0.15, 0.2) is 0 Å². The van der Waals surface area contributed by atoms with E-state index in [1.807, 2.05) is 41.9 Å². The van der Waals surface area contributed by atoms with E-state index >= 15 is 0 Å². The average molecular weight is 260 g/mol. The van der Waals surface area contributed by atoms with Crippen LogP contribution < -0.4 is 11.1 Å². The number of amides is 1. The van der Waals surface area contributed by atoms with Gasteiger partial charge in [0.2, 0.25) is 5.91 Å². The molecule has 0 fully saturated rings. The highest BCUT2D eigenvalue weighted by atomic mass is 16.2. The Labute approximate surface area is 112 Å². The zero-order valence-electron chi connectivity index (χ0n) is 11.2. The van der Waals surface area contributed by atoms with Gasteiger partial charge in [-0.3, -0.25) is 4.79 Å². The van der Waals surface area contributed by atoms with Crippen LogP contribution in [0.3, 0.4) is 0 Å². The summed E-state index contributed by atoms with van der Waals surface area (Å²) in [5, 5.41) is 2.85. The molecule has 0 aliphatic carbocycles. The molecule has 2 aromatic heterocycles. The summed E-state index contributed by atoms with van der Waals surface area (Å²) in [6.45, 7) is 2.59. The quantitative estimate of drug-likeness (QED) is 0.817. The number of rotatable bonds is 6. The molecule has 0 aromatic carbocycles. The van der Waals surface area contributed by atoms with Crippen LogP contribution in [0.1, 0.15) is 25.5 Å². The number of aromatic nitrogens is 2. The first-order valence-corrected chi connectivity index (χ1v) is 6.66. The van der Waals surface area contributed by atoms with Crippen LogP contribution in [0.25, 0.3) is 5.65 Å². The molecule has 0 radical (unpaired) electrons. The van der Waals surface area contributed by atoms with Crippen molar-refractivity contribution in [3.8, 4) is 0 Å². The molecule has 0 spiro atoms. The molecule has 102 valence electrons. The van der Waals surface area contributed by atoms with E-state index in [4.69, 9.17) is 5.73 Å². The van der Waals surface area contributed by atoms with Crippen LogP contribution in [-0.4, -0.2) is 27.9 Å². The zero-order chi connectivity index (χ0) is 13.7. The highest BCUT2D eigenvalue weighted by Crippen LogP contribution is 2.04. The molecule has 2 rings (SSSR count). The molecule has 5 heteroatoms. The van der Waals surface area contributed by atoms with E-state index in [9.17, 15) is 4.79 Å². The Kier molecular flexibility index (Phi) is 4.52. The first-order chi connectivity index (χ1) is 9.20. The minimum Gasteiger partial charge on any atom is -0.354 e. The summed E-state index contributed by atoms with van der Waals surface area (Å²) in [5.74, 6) is -0.0781. The van der Waals surface area contributed by atoms with E-state index < -0.39 is 6.04 Å². The molecule has 0 aliphatic heterocycles. The van der Waals surface area contributed by atoms with Crippen LogP contribution in [0.4, 0.5) is 0 Å². The van der Waals surface area contributed by atoms with Crippen molar-refractivity contribution in [2.24, 2.45) is 5.73 Å². The minimum absolute atomic E-state index is 0.0781. The molecule has 0 saturated carbocycles. The number of carbonyl (C=O) groups is 1. The second-order valence-corrected chi connectivity index (χ2v) is 4.63. The summed E-state index contributed by atoms with van der Waals surface area (Å²) in [6.07, 6.45) is 6.29. The maximum atomic E-state index is 11.6. The summed E-state index contributed by atoms with van der Waals surface area (Å²) < 4.78 is 1.97. The van der Waals surface area contributed by atoms with Gasteiger partial charge in [-0.1, -0.05) is 19.4 Å². The second kappa shape index (κ2) is 6.33. The molecule has 1 atom stereocenters. The fourth-order valence-electron chi connectivity index (χ4n) is 1.99. The third kappa shape index (κ3) is 3.54. The normalized spacial score (nSPS) is 12.5. The predicted octanol–water partition coefficient (Wildman–Crippen LogP) is 1.12. The van der Waals surface area contributed by atoms with E-state index in [2.05, 4.69) is 10.3 Å². The molecule has 3 N–H and O–H groups in total. The Bertz CT molecular complexity index is 516. The van der Waals surface area contributed by atoms with Crippen molar-refractivity contribution < 1.29 is 4.79 Å². The Morgan fingerprint density at radius 2 is 2.37 bits per heavy atom. The Morgan fingerprint density at radius 1 is 1.53 bits per heavy atom. The van der Waals surface area contributed by atoms with Gasteiger partial charge >= 0.3 is 0 Å². The highest BCUT2D eigenvalue weighted by molar-refractivity contribution is 5.81. The lowest BCUT2D eigenvalue weighted by molar-refractivity contribution is -0.122. The molecule has 5 nitrogen and oxygen atoms in total. The minimum atomic E-state index is -0.397. The topological polar surface area (TPSA) is 72.4 Å². The van der Waals surface area contributed by atoms with Gasteiger partial charge in [0, 0.05) is 25.4 Å². The molecule has 1 unspecified atom stereocenters. The van der Waals surface area contributed by atoms with Crippen LogP contribution in [0.5, 0.6) is 0 Å². The molecule has 0 bridgehead atoms. The maximum absolute atomic E-state index is 11.6. The van der Waals surface area contributed by atoms with Crippen molar-refractivity contribution in [2.75, 3.05) is 6.54 Å². The van der Waals surface area contributed by atoms with Gasteiger partial charge < -0.3 is 15.5 Å². The summed E-state index contributed by atoms with van der Waals surface area (Å²) in [5.41, 5.74) is 7.63. The zero-order valence-corrected chi connectivity index (χ0v) is 11.2. The summed E-state index contributed by atoms with van der Waals surface area (Å²) in [4.78, 5) is 16.1. The van der Waals surface area contributed by atoms with E-state index in [0.717, 1.165) is 24.2 Å². The second-order valence-electron chi connectivity index (χ2n) is 4.63. The van der Waals surface area contributed by atoms with Crippen LogP contribution in [0.2, 0.25) is 0 Å². The van der Waals surface area contributed by atoms with Crippen molar-refractivity contribution >= 4 is 11.6 Å². The molecule has 2 heterocycles. The Balaban J connectivity index is 1.84. The highest BCUT2D eigenvalue weighted by Gasteiger charge is 2.11. The van der Waals surface area contributed by atoms with Crippen LogP contribution >= 0.6 is 0 Å². The molecule has 0 saturated heterocycles. The predicted molar refractivity (Wildman–Crippen MR) is 74.8 cm³/mol. The molecule has 2 aromatic rings. The van der Waals surface area contributed by atoms with E-state index in [1.165, 1.54) is 0 Å². The number of fused-ring (bicyclic) bond motifs is 1. The van der Waals surface area contributed by atoms with Crippen LogP contribution in [-0.2, 0) is 11.2 Å². The smallest absolute Gasteiger partial charge is 0.236 e. The number of imidazole rings is 1. The largest absolute Gasteiger partial charge is 0.354 e. The van der Waals surface area contributed by atoms with Gasteiger partial charge in [-0.25, -0.2) is 4.98 Å². The number of nitrogens with two attached hydrogens (primary N) is 1. The third-order valence-corrected chi connectivity index (χ3v) is 3.03. The summed E-state index contributed by atoms with van der Waals surface area (Å²) in [7, 11) is 0. The first kappa shape index (κ1) is 13.5. The van der Waals surface area contributed by atoms with Crippen LogP contribution in [0, 0.1) is 0 Å². The SMILES string of the molecule is CCCC(N)C(=O)NCCc1cn2ccccc2n1. The van der Waals surface area contributed by atoms with Crippen molar-refractivity contribution in [1.82, 2.24) is 14.7 Å². The Hall–Kier alpha value is -1.88. The Morgan fingerprint density at radius 3 is 3.11 bits per heavy atom. The first-order valence-electron chi connectivity index (χ1n) is 6.66. The van der Waals surface area contributed by atoms with Crippen molar-refractivity contribution in [3.63, 3.8) is 0 Å². The number of hydrogen-bond donors (Lipinski definition) is 2. The number of carbonyl (C=O) groups excluding carboxylic acids is 1. The summed E-state index contributed by atoms with van der Waals surface area (Å²) >= 11 is 0. The lowest BCUT2D eigenvalue weighted by Gasteiger charge is -2.10. The van der Waals surface area contributed by atoms with Crippen molar-refractivity contribution in [1.29, 1.82) is 0 Å². The van der Waals surface area contributed by atoms with Gasteiger partial charge in [0.1, 0.15) is 5.65 Å². The van der Waals surface area contributed by atoms with Crippen molar-refractivity contribution in [3.05, 3.63) is 36.3 Å². The van der Waals surface area contributed by atoms with Gasteiger partial charge in [-0.05, 0) is 18.6 Å². The molecular formula is C14H20N4O. The number of nitrogens with one attached hydrogen (secondary N) is 1. The van der Waals surface area contributed by atoms with Crippen molar-refractivity contribution in [2.45, 2.75) is 32.2 Å². The lowest BCUT2D eigenvalue weighted by Crippen LogP contribution is -2.41. The standard InChI is InChI=1S/C14H20N4O/c1-2-5-12(15)14(19)16-8-7-11-10-18-9-4-3-6-13(18)17-11/h3-4,6,9-10,12H,2,5,7-8,15H2,1H3,(H,16,19). The molecular weight excluding hydrogens is 240 g/mol. The third-order valence-electron chi connectivity index (χ3n) is 3.03. The molecule has 1 amide bonds. The van der Waals surface area contributed by atoms with Gasteiger partial charge in [0.05, 0.1) is 11.7 Å². The number of nitrogens with zero attached hydrogens (tertiary/aromatic N) is 2. The van der Waals surface area contributed by atoms with E-state index in [1.54, 1.807) is 0 Å². The summed E-state index contributed by atoms with van der Waals surface area (Å²) in [6, 6.07) is 5.48. The van der Waals surface area contributed by atoms with E-state index in [0.29, 0.717) is 13.0 Å².